The van der Waals surface area contributed by atoms with Gasteiger partial charge in [0.2, 0.25) is 0 Å². The zero-order valence-corrected chi connectivity index (χ0v) is 11.9. The number of hydrogen-bond acceptors (Lipinski definition) is 3. The molecule has 102 valence electrons. The summed E-state index contributed by atoms with van der Waals surface area (Å²) in [6.45, 7) is 4.20. The van der Waals surface area contributed by atoms with Gasteiger partial charge in [0.1, 0.15) is 0 Å². The van der Waals surface area contributed by atoms with Gasteiger partial charge in [0.15, 0.2) is 0 Å². The third-order valence-corrected chi connectivity index (χ3v) is 3.76. The molecule has 0 aliphatic carbocycles. The van der Waals surface area contributed by atoms with E-state index in [1.54, 1.807) is 6.20 Å². The van der Waals surface area contributed by atoms with Crippen LogP contribution in [0.3, 0.4) is 0 Å². The second-order valence-electron chi connectivity index (χ2n) is 5.37. The number of aromatic amines is 1. The van der Waals surface area contributed by atoms with Gasteiger partial charge in [-0.25, -0.2) is 4.98 Å². The van der Waals surface area contributed by atoms with Crippen LogP contribution in [-0.4, -0.2) is 20.2 Å². The quantitative estimate of drug-likeness (QED) is 0.574. The van der Waals surface area contributed by atoms with Crippen LogP contribution in [0.5, 0.6) is 0 Å². The zero-order valence-electron chi connectivity index (χ0n) is 11.9. The summed E-state index contributed by atoms with van der Waals surface area (Å²) in [4.78, 5) is 9.30. The molecule has 1 N–H and O–H groups in total. The van der Waals surface area contributed by atoms with Gasteiger partial charge in [0, 0.05) is 10.9 Å². The van der Waals surface area contributed by atoms with Crippen LogP contribution < -0.4 is 0 Å². The van der Waals surface area contributed by atoms with Crippen molar-refractivity contribution in [1.29, 1.82) is 0 Å². The van der Waals surface area contributed by atoms with E-state index >= 15 is 0 Å². The molecule has 0 saturated heterocycles. The Morgan fingerprint density at radius 3 is 2.71 bits per heavy atom. The first-order chi connectivity index (χ1) is 10.2. The van der Waals surface area contributed by atoms with Gasteiger partial charge in [-0.1, -0.05) is 23.8 Å². The second-order valence-corrected chi connectivity index (χ2v) is 5.37. The number of nitrogens with zero attached hydrogens (tertiary/aromatic N) is 3. The highest BCUT2D eigenvalue weighted by Gasteiger charge is 2.07. The van der Waals surface area contributed by atoms with Crippen LogP contribution in [-0.2, 0) is 0 Å². The largest absolute Gasteiger partial charge is 0.278 e. The number of aryl methyl sites for hydroxylation is 2. The van der Waals surface area contributed by atoms with Crippen molar-refractivity contribution in [3.63, 3.8) is 0 Å². The SMILES string of the molecule is Cc1ccc(-c2cnc3cc4cn[nH]c4cc3n2)c(C)c1. The molecule has 0 spiro atoms. The molecule has 2 aromatic heterocycles. The molecular weight excluding hydrogens is 260 g/mol. The summed E-state index contributed by atoms with van der Waals surface area (Å²) in [6, 6.07) is 10.4. The number of benzene rings is 2. The topological polar surface area (TPSA) is 54.5 Å². The normalized spacial score (nSPS) is 11.3. The summed E-state index contributed by atoms with van der Waals surface area (Å²) < 4.78 is 0. The molecule has 0 fully saturated rings. The summed E-state index contributed by atoms with van der Waals surface area (Å²) in [5.41, 5.74) is 7.24. The van der Waals surface area contributed by atoms with E-state index in [1.807, 2.05) is 18.3 Å². The molecule has 0 saturated carbocycles. The monoisotopic (exact) mass is 274 g/mol. The van der Waals surface area contributed by atoms with E-state index in [0.29, 0.717) is 0 Å². The fourth-order valence-electron chi connectivity index (χ4n) is 2.68. The number of aromatic nitrogens is 4. The van der Waals surface area contributed by atoms with Crippen LogP contribution >= 0.6 is 0 Å². The molecule has 4 heteroatoms. The predicted molar refractivity (Wildman–Crippen MR) is 84.1 cm³/mol. The van der Waals surface area contributed by atoms with Crippen molar-refractivity contribution in [1.82, 2.24) is 20.2 Å². The Hall–Kier alpha value is -2.75. The summed E-state index contributed by atoms with van der Waals surface area (Å²) >= 11 is 0. The highest BCUT2D eigenvalue weighted by atomic mass is 15.1. The molecule has 0 aliphatic heterocycles. The van der Waals surface area contributed by atoms with Crippen molar-refractivity contribution in [2.75, 3.05) is 0 Å². The van der Waals surface area contributed by atoms with Crippen molar-refractivity contribution in [3.8, 4) is 11.3 Å². The van der Waals surface area contributed by atoms with Gasteiger partial charge >= 0.3 is 0 Å². The molecule has 4 nitrogen and oxygen atoms in total. The molecule has 0 atom stereocenters. The number of nitrogens with one attached hydrogen (secondary N) is 1. The summed E-state index contributed by atoms with van der Waals surface area (Å²) in [6.07, 6.45) is 3.64. The van der Waals surface area contributed by atoms with Gasteiger partial charge in [-0.15, -0.1) is 0 Å². The van der Waals surface area contributed by atoms with Gasteiger partial charge in [0.05, 0.1) is 34.6 Å². The first-order valence-corrected chi connectivity index (χ1v) is 6.88. The van der Waals surface area contributed by atoms with E-state index in [9.17, 15) is 0 Å². The second kappa shape index (κ2) is 4.38. The predicted octanol–water partition coefficient (Wildman–Crippen LogP) is 3.79. The Morgan fingerprint density at radius 1 is 0.952 bits per heavy atom. The maximum Gasteiger partial charge on any atom is 0.0916 e. The summed E-state index contributed by atoms with van der Waals surface area (Å²) in [5.74, 6) is 0. The Morgan fingerprint density at radius 2 is 1.86 bits per heavy atom. The lowest BCUT2D eigenvalue weighted by atomic mass is 10.0. The van der Waals surface area contributed by atoms with Crippen molar-refractivity contribution >= 4 is 21.9 Å². The van der Waals surface area contributed by atoms with Gasteiger partial charge in [-0.2, -0.15) is 5.10 Å². The Kier molecular flexibility index (Phi) is 2.51. The van der Waals surface area contributed by atoms with E-state index < -0.39 is 0 Å². The third kappa shape index (κ3) is 1.96. The molecule has 0 aliphatic rings. The van der Waals surface area contributed by atoms with Gasteiger partial charge in [0.25, 0.3) is 0 Å². The molecule has 21 heavy (non-hydrogen) atoms. The molecule has 0 radical (unpaired) electrons. The third-order valence-electron chi connectivity index (χ3n) is 3.76. The smallest absolute Gasteiger partial charge is 0.0916 e. The fraction of sp³-hybridized carbons (Fsp3) is 0.118. The lowest BCUT2D eigenvalue weighted by molar-refractivity contribution is 1.12. The van der Waals surface area contributed by atoms with Gasteiger partial charge < -0.3 is 0 Å². The molecule has 4 rings (SSSR count). The molecule has 0 bridgehead atoms. The lowest BCUT2D eigenvalue weighted by Gasteiger charge is -2.07. The highest BCUT2D eigenvalue weighted by molar-refractivity contribution is 5.93. The van der Waals surface area contributed by atoms with Crippen LogP contribution in [0.25, 0.3) is 33.2 Å². The summed E-state index contributed by atoms with van der Waals surface area (Å²) in [7, 11) is 0. The Bertz CT molecular complexity index is 969. The van der Waals surface area contributed by atoms with Crippen molar-refractivity contribution in [2.45, 2.75) is 13.8 Å². The fourth-order valence-corrected chi connectivity index (χ4v) is 2.68. The first-order valence-electron chi connectivity index (χ1n) is 6.88. The average molecular weight is 274 g/mol. The highest BCUT2D eigenvalue weighted by Crippen LogP contribution is 2.25. The zero-order chi connectivity index (χ0) is 14.4. The van der Waals surface area contributed by atoms with Crippen LogP contribution in [0.15, 0.2) is 42.7 Å². The maximum atomic E-state index is 4.76. The van der Waals surface area contributed by atoms with Crippen molar-refractivity contribution in [2.24, 2.45) is 0 Å². The lowest BCUT2D eigenvalue weighted by Crippen LogP contribution is -1.91. The standard InChI is InChI=1S/C17H14N4/c1-10-3-4-13(11(2)5-10)17-9-18-15-6-12-8-19-21-14(12)7-16(15)20-17/h3-9H,1-2H3,(H,19,21). The maximum absolute atomic E-state index is 4.76. The van der Waals surface area contributed by atoms with E-state index in [2.05, 4.69) is 47.2 Å². The van der Waals surface area contributed by atoms with Crippen LogP contribution in [0.1, 0.15) is 11.1 Å². The molecule has 2 heterocycles. The van der Waals surface area contributed by atoms with E-state index in [-0.39, 0.29) is 0 Å². The van der Waals surface area contributed by atoms with Crippen LogP contribution in [0, 0.1) is 13.8 Å². The number of H-pyrrole nitrogens is 1. The summed E-state index contributed by atoms with van der Waals surface area (Å²) in [5, 5.41) is 8.07. The van der Waals surface area contributed by atoms with Gasteiger partial charge in [-0.3, -0.25) is 10.1 Å². The average Bonchev–Trinajstić information content (AvgIpc) is 2.91. The van der Waals surface area contributed by atoms with E-state index in [0.717, 1.165) is 33.2 Å². The minimum absolute atomic E-state index is 0.879. The number of rotatable bonds is 1. The Balaban J connectivity index is 1.94. The first kappa shape index (κ1) is 12.0. The minimum Gasteiger partial charge on any atom is -0.278 e. The number of fused-ring (bicyclic) bond motifs is 2. The Labute approximate surface area is 121 Å². The van der Waals surface area contributed by atoms with E-state index in [4.69, 9.17) is 4.98 Å². The molecular formula is C17H14N4. The molecule has 0 amide bonds. The van der Waals surface area contributed by atoms with Crippen molar-refractivity contribution < 1.29 is 0 Å². The molecule has 0 unspecified atom stereocenters. The minimum atomic E-state index is 0.879. The van der Waals surface area contributed by atoms with E-state index in [1.165, 1.54) is 11.1 Å². The van der Waals surface area contributed by atoms with Crippen LogP contribution in [0.2, 0.25) is 0 Å². The van der Waals surface area contributed by atoms with Gasteiger partial charge in [-0.05, 0) is 31.5 Å². The molecule has 2 aromatic carbocycles. The van der Waals surface area contributed by atoms with Crippen LogP contribution in [0.4, 0.5) is 0 Å². The van der Waals surface area contributed by atoms with Crippen molar-refractivity contribution in [3.05, 3.63) is 53.9 Å². The number of hydrogen-bond donors (Lipinski definition) is 1. The molecule has 4 aromatic rings.